The van der Waals surface area contributed by atoms with Gasteiger partial charge >= 0.3 is 0 Å². The average molecular weight is 244 g/mol. The summed E-state index contributed by atoms with van der Waals surface area (Å²) in [5.41, 5.74) is 0.875. The molecule has 92 valence electrons. The van der Waals surface area contributed by atoms with Crippen LogP contribution in [0, 0.1) is 0 Å². The van der Waals surface area contributed by atoms with Crippen LogP contribution in [0.15, 0.2) is 27.5 Å². The molecule has 2 aromatic rings. The van der Waals surface area contributed by atoms with Gasteiger partial charge in [0.25, 0.3) is 0 Å². The summed E-state index contributed by atoms with van der Waals surface area (Å²) in [6.45, 7) is 2.43. The molecule has 5 heteroatoms. The summed E-state index contributed by atoms with van der Waals surface area (Å²) >= 11 is 0. The average Bonchev–Trinajstić information content (AvgIpc) is 2.38. The normalized spacial score (nSPS) is 14.6. The molecule has 3 heterocycles. The van der Waals surface area contributed by atoms with Gasteiger partial charge < -0.3 is 9.32 Å². The van der Waals surface area contributed by atoms with Crippen LogP contribution in [-0.4, -0.2) is 22.3 Å². The zero-order valence-electron chi connectivity index (χ0n) is 9.97. The molecule has 0 saturated carbocycles. The zero-order valence-corrected chi connectivity index (χ0v) is 9.97. The molecule has 0 radical (unpaired) electrons. The van der Waals surface area contributed by atoms with Gasteiger partial charge in [0.15, 0.2) is 5.43 Å². The fourth-order valence-corrected chi connectivity index (χ4v) is 2.25. The highest BCUT2D eigenvalue weighted by Gasteiger charge is 2.23. The Morgan fingerprint density at radius 1 is 1.50 bits per heavy atom. The Morgan fingerprint density at radius 3 is 3.11 bits per heavy atom. The molecule has 1 aliphatic heterocycles. The van der Waals surface area contributed by atoms with Crippen LogP contribution in [-0.2, 0) is 17.8 Å². The first kappa shape index (κ1) is 11.0. The van der Waals surface area contributed by atoms with Gasteiger partial charge in [-0.05, 0) is 12.1 Å². The van der Waals surface area contributed by atoms with Crippen LogP contribution in [0.5, 0.6) is 0 Å². The van der Waals surface area contributed by atoms with Crippen molar-refractivity contribution >= 4 is 17.0 Å². The van der Waals surface area contributed by atoms with Crippen molar-refractivity contribution in [2.75, 3.05) is 6.54 Å². The van der Waals surface area contributed by atoms with E-state index in [-0.39, 0.29) is 11.3 Å². The molecule has 0 unspecified atom stereocenters. The Morgan fingerprint density at radius 2 is 2.33 bits per heavy atom. The Balaban J connectivity index is 2.20. The van der Waals surface area contributed by atoms with Gasteiger partial charge in [-0.1, -0.05) is 0 Å². The number of fused-ring (bicyclic) bond motifs is 2. The van der Waals surface area contributed by atoms with E-state index in [9.17, 15) is 9.59 Å². The molecular weight excluding hydrogens is 232 g/mol. The Bertz CT molecular complexity index is 690. The summed E-state index contributed by atoms with van der Waals surface area (Å²) in [4.78, 5) is 29.4. The summed E-state index contributed by atoms with van der Waals surface area (Å²) < 4.78 is 5.64. The van der Waals surface area contributed by atoms with Crippen molar-refractivity contribution in [2.24, 2.45) is 0 Å². The predicted molar refractivity (Wildman–Crippen MR) is 65.1 cm³/mol. The highest BCUT2D eigenvalue weighted by atomic mass is 16.3. The number of carbonyl (C=O) groups is 1. The number of hydrogen-bond acceptors (Lipinski definition) is 4. The lowest BCUT2D eigenvalue weighted by Gasteiger charge is -2.26. The number of rotatable bonds is 0. The Kier molecular flexibility index (Phi) is 2.40. The van der Waals surface area contributed by atoms with E-state index in [1.54, 1.807) is 23.2 Å². The van der Waals surface area contributed by atoms with Gasteiger partial charge in [0, 0.05) is 26.1 Å². The van der Waals surface area contributed by atoms with E-state index >= 15 is 0 Å². The highest BCUT2D eigenvalue weighted by molar-refractivity contribution is 5.75. The molecule has 0 spiro atoms. The number of aromatic nitrogens is 1. The van der Waals surface area contributed by atoms with Gasteiger partial charge in [-0.15, -0.1) is 0 Å². The van der Waals surface area contributed by atoms with E-state index in [1.807, 2.05) is 0 Å². The number of pyridine rings is 1. The molecule has 0 N–H and O–H groups in total. The summed E-state index contributed by atoms with van der Waals surface area (Å²) in [6, 6.07) is 3.40. The monoisotopic (exact) mass is 244 g/mol. The van der Waals surface area contributed by atoms with Crippen molar-refractivity contribution in [3.05, 3.63) is 39.9 Å². The molecule has 3 rings (SSSR count). The second-order valence-corrected chi connectivity index (χ2v) is 4.38. The third-order valence-electron chi connectivity index (χ3n) is 3.25. The smallest absolute Gasteiger partial charge is 0.230 e. The molecule has 0 bridgehead atoms. The van der Waals surface area contributed by atoms with Crippen molar-refractivity contribution in [1.29, 1.82) is 0 Å². The van der Waals surface area contributed by atoms with Crippen LogP contribution in [0.3, 0.4) is 0 Å². The van der Waals surface area contributed by atoms with Crippen molar-refractivity contribution in [3.63, 3.8) is 0 Å². The maximum Gasteiger partial charge on any atom is 0.230 e. The van der Waals surface area contributed by atoms with Gasteiger partial charge in [0.2, 0.25) is 11.6 Å². The van der Waals surface area contributed by atoms with E-state index in [0.717, 1.165) is 0 Å². The standard InChI is InChI=1S/C13H12N2O3/c1-8(16)15-6-4-11-10(7-15)12(17)9-3-2-5-14-13(9)18-11/h2-3,5H,4,6-7H2,1H3. The third-order valence-corrected chi connectivity index (χ3v) is 3.25. The van der Waals surface area contributed by atoms with Crippen LogP contribution in [0.4, 0.5) is 0 Å². The lowest BCUT2D eigenvalue weighted by molar-refractivity contribution is -0.129. The Labute approximate surface area is 103 Å². The molecule has 0 atom stereocenters. The predicted octanol–water partition coefficient (Wildman–Crippen LogP) is 1.09. The molecular formula is C13H12N2O3. The van der Waals surface area contributed by atoms with Crippen LogP contribution in [0.2, 0.25) is 0 Å². The van der Waals surface area contributed by atoms with E-state index in [0.29, 0.717) is 41.9 Å². The van der Waals surface area contributed by atoms with Crippen molar-refractivity contribution in [3.8, 4) is 0 Å². The molecule has 0 aromatic carbocycles. The summed E-state index contributed by atoms with van der Waals surface area (Å²) in [6.07, 6.45) is 2.17. The lowest BCUT2D eigenvalue weighted by Crippen LogP contribution is -2.37. The Hall–Kier alpha value is -2.17. The SMILES string of the molecule is CC(=O)N1CCc2oc3ncccc3c(=O)c2C1. The van der Waals surface area contributed by atoms with Gasteiger partial charge in [0.1, 0.15) is 5.76 Å². The fourth-order valence-electron chi connectivity index (χ4n) is 2.25. The topological polar surface area (TPSA) is 63.4 Å². The molecule has 1 aliphatic rings. The second kappa shape index (κ2) is 3.94. The first-order valence-corrected chi connectivity index (χ1v) is 5.82. The van der Waals surface area contributed by atoms with E-state index in [4.69, 9.17) is 4.42 Å². The largest absolute Gasteiger partial charge is 0.442 e. The number of carbonyl (C=O) groups excluding carboxylic acids is 1. The molecule has 0 aliphatic carbocycles. The number of hydrogen-bond donors (Lipinski definition) is 0. The number of amides is 1. The van der Waals surface area contributed by atoms with Crippen LogP contribution >= 0.6 is 0 Å². The number of nitrogens with zero attached hydrogens (tertiary/aromatic N) is 2. The lowest BCUT2D eigenvalue weighted by atomic mass is 10.1. The van der Waals surface area contributed by atoms with Crippen molar-refractivity contribution in [2.45, 2.75) is 19.9 Å². The van der Waals surface area contributed by atoms with Gasteiger partial charge in [0.05, 0.1) is 17.5 Å². The van der Waals surface area contributed by atoms with Crippen LogP contribution in [0.1, 0.15) is 18.2 Å². The highest BCUT2D eigenvalue weighted by Crippen LogP contribution is 2.19. The van der Waals surface area contributed by atoms with Crippen molar-refractivity contribution < 1.29 is 9.21 Å². The maximum absolute atomic E-state index is 12.3. The van der Waals surface area contributed by atoms with Crippen molar-refractivity contribution in [1.82, 2.24) is 9.88 Å². The van der Waals surface area contributed by atoms with Gasteiger partial charge in [-0.25, -0.2) is 4.98 Å². The van der Waals surface area contributed by atoms with Gasteiger partial charge in [-0.2, -0.15) is 0 Å². The zero-order chi connectivity index (χ0) is 12.7. The molecule has 0 fully saturated rings. The fraction of sp³-hybridized carbons (Fsp3) is 0.308. The van der Waals surface area contributed by atoms with Crippen LogP contribution in [0.25, 0.3) is 11.1 Å². The minimum absolute atomic E-state index is 0.0219. The summed E-state index contributed by atoms with van der Waals surface area (Å²) in [7, 11) is 0. The van der Waals surface area contributed by atoms with E-state index < -0.39 is 0 Å². The minimum Gasteiger partial charge on any atom is -0.442 e. The molecule has 5 nitrogen and oxygen atoms in total. The quantitative estimate of drug-likeness (QED) is 0.696. The summed E-state index contributed by atoms with van der Waals surface area (Å²) in [5, 5.41) is 0.474. The first-order chi connectivity index (χ1) is 8.66. The second-order valence-electron chi connectivity index (χ2n) is 4.38. The van der Waals surface area contributed by atoms with Crippen LogP contribution < -0.4 is 5.43 Å². The minimum atomic E-state index is -0.0784. The molecule has 18 heavy (non-hydrogen) atoms. The summed E-state index contributed by atoms with van der Waals surface area (Å²) in [5.74, 6) is 0.634. The van der Waals surface area contributed by atoms with E-state index in [2.05, 4.69) is 4.98 Å². The van der Waals surface area contributed by atoms with E-state index in [1.165, 1.54) is 6.92 Å². The third kappa shape index (κ3) is 1.59. The molecule has 0 saturated heterocycles. The molecule has 1 amide bonds. The van der Waals surface area contributed by atoms with Gasteiger partial charge in [-0.3, -0.25) is 9.59 Å². The maximum atomic E-state index is 12.3. The molecule has 2 aromatic heterocycles. The first-order valence-electron chi connectivity index (χ1n) is 5.82.